The van der Waals surface area contributed by atoms with Gasteiger partial charge >= 0.3 is 5.97 Å². The molecule has 0 aliphatic heterocycles. The minimum absolute atomic E-state index is 0.0591. The van der Waals surface area contributed by atoms with Gasteiger partial charge in [0.05, 0.1) is 6.61 Å². The summed E-state index contributed by atoms with van der Waals surface area (Å²) in [5, 5.41) is 0. The summed E-state index contributed by atoms with van der Waals surface area (Å²) in [6, 6.07) is 15.9. The normalized spacial score (nSPS) is 10.1. The Balaban J connectivity index is 2.01. The van der Waals surface area contributed by atoms with Crippen molar-refractivity contribution < 1.29 is 14.3 Å². The number of hydrogen-bond donors (Lipinski definition) is 0. The largest absolute Gasteiger partial charge is 0.482 e. The van der Waals surface area contributed by atoms with Gasteiger partial charge in [-0.2, -0.15) is 0 Å². The molecule has 0 amide bonds. The first kappa shape index (κ1) is 14.8. The molecule has 0 aromatic heterocycles. The van der Waals surface area contributed by atoms with Crippen LogP contribution in [0.15, 0.2) is 48.5 Å². The Hall–Kier alpha value is -1.56. The van der Waals surface area contributed by atoms with Crippen molar-refractivity contribution in [3.8, 4) is 16.9 Å². The van der Waals surface area contributed by atoms with Gasteiger partial charge in [0.2, 0.25) is 0 Å². The van der Waals surface area contributed by atoms with Gasteiger partial charge in [-0.05, 0) is 64.9 Å². The maximum atomic E-state index is 11.2. The maximum absolute atomic E-state index is 11.2. The molecule has 0 aliphatic carbocycles. The highest BCUT2D eigenvalue weighted by Crippen LogP contribution is 2.23. The van der Waals surface area contributed by atoms with Crippen molar-refractivity contribution in [1.82, 2.24) is 0 Å². The van der Waals surface area contributed by atoms with E-state index in [0.717, 1.165) is 11.1 Å². The lowest BCUT2D eigenvalue weighted by molar-refractivity contribution is -0.145. The van der Waals surface area contributed by atoms with Crippen LogP contribution in [0, 0.1) is 3.57 Å². The molecule has 0 N–H and O–H groups in total. The van der Waals surface area contributed by atoms with Crippen LogP contribution in [0.3, 0.4) is 0 Å². The number of halogens is 1. The molecular weight excluding hydrogens is 367 g/mol. The van der Waals surface area contributed by atoms with Gasteiger partial charge in [0, 0.05) is 3.57 Å². The molecule has 0 atom stereocenters. The summed E-state index contributed by atoms with van der Waals surface area (Å²) in [5.41, 5.74) is 2.28. The third-order valence-electron chi connectivity index (χ3n) is 2.67. The highest BCUT2D eigenvalue weighted by molar-refractivity contribution is 14.1. The van der Waals surface area contributed by atoms with Gasteiger partial charge in [0.25, 0.3) is 0 Å². The van der Waals surface area contributed by atoms with E-state index in [1.54, 1.807) is 6.92 Å². The van der Waals surface area contributed by atoms with Gasteiger partial charge in [-0.3, -0.25) is 0 Å². The van der Waals surface area contributed by atoms with E-state index >= 15 is 0 Å². The van der Waals surface area contributed by atoms with Crippen molar-refractivity contribution in [2.24, 2.45) is 0 Å². The van der Waals surface area contributed by atoms with Crippen LogP contribution in [0.2, 0.25) is 0 Å². The molecule has 0 spiro atoms. The fourth-order valence-electron chi connectivity index (χ4n) is 1.76. The van der Waals surface area contributed by atoms with Crippen LogP contribution >= 0.6 is 22.6 Å². The molecule has 0 saturated heterocycles. The van der Waals surface area contributed by atoms with E-state index in [-0.39, 0.29) is 12.6 Å². The lowest BCUT2D eigenvalue weighted by atomic mass is 10.1. The number of hydrogen-bond acceptors (Lipinski definition) is 3. The lowest BCUT2D eigenvalue weighted by Gasteiger charge is -2.07. The second-order valence-corrected chi connectivity index (χ2v) is 5.37. The van der Waals surface area contributed by atoms with Gasteiger partial charge in [0.1, 0.15) is 5.75 Å². The Kier molecular flexibility index (Phi) is 5.40. The fraction of sp³-hybridized carbons (Fsp3) is 0.188. The third kappa shape index (κ3) is 4.23. The van der Waals surface area contributed by atoms with Gasteiger partial charge in [-0.1, -0.05) is 24.3 Å². The molecule has 0 bridgehead atoms. The van der Waals surface area contributed by atoms with Gasteiger partial charge in [0.15, 0.2) is 6.61 Å². The summed E-state index contributed by atoms with van der Waals surface area (Å²) >= 11 is 2.29. The van der Waals surface area contributed by atoms with E-state index in [1.165, 1.54) is 3.57 Å². The number of carbonyl (C=O) groups excluding carboxylic acids is 1. The van der Waals surface area contributed by atoms with Crippen molar-refractivity contribution in [3.05, 3.63) is 52.1 Å². The van der Waals surface area contributed by atoms with Crippen LogP contribution in [0.4, 0.5) is 0 Å². The molecule has 0 fully saturated rings. The van der Waals surface area contributed by atoms with Crippen LogP contribution < -0.4 is 4.74 Å². The monoisotopic (exact) mass is 382 g/mol. The van der Waals surface area contributed by atoms with Crippen molar-refractivity contribution in [2.45, 2.75) is 6.92 Å². The van der Waals surface area contributed by atoms with E-state index in [4.69, 9.17) is 9.47 Å². The number of ether oxygens (including phenoxy) is 2. The van der Waals surface area contributed by atoms with E-state index < -0.39 is 0 Å². The van der Waals surface area contributed by atoms with Crippen LogP contribution in [0.25, 0.3) is 11.1 Å². The smallest absolute Gasteiger partial charge is 0.344 e. The molecule has 2 aromatic carbocycles. The average molecular weight is 382 g/mol. The van der Waals surface area contributed by atoms with Crippen LogP contribution in [-0.4, -0.2) is 19.2 Å². The molecule has 0 saturated carbocycles. The minimum Gasteiger partial charge on any atom is -0.482 e. The van der Waals surface area contributed by atoms with E-state index in [9.17, 15) is 4.79 Å². The summed E-state index contributed by atoms with van der Waals surface area (Å²) < 4.78 is 11.4. The summed E-state index contributed by atoms with van der Waals surface area (Å²) in [4.78, 5) is 11.2. The van der Waals surface area contributed by atoms with Crippen molar-refractivity contribution in [2.75, 3.05) is 13.2 Å². The Morgan fingerprint density at radius 1 is 1.10 bits per heavy atom. The van der Waals surface area contributed by atoms with Crippen molar-refractivity contribution >= 4 is 28.6 Å². The standard InChI is InChI=1S/C16H15IO3/c1-2-19-16(18)11-20-15-8-6-12(7-9-15)13-4-3-5-14(17)10-13/h3-10H,2,11H2,1H3. The number of rotatable bonds is 5. The summed E-state index contributed by atoms with van der Waals surface area (Å²) in [6.45, 7) is 2.08. The molecule has 0 unspecified atom stereocenters. The molecule has 3 nitrogen and oxygen atoms in total. The van der Waals surface area contributed by atoms with E-state index in [0.29, 0.717) is 12.4 Å². The topological polar surface area (TPSA) is 35.5 Å². The van der Waals surface area contributed by atoms with Gasteiger partial charge in [-0.15, -0.1) is 0 Å². The van der Waals surface area contributed by atoms with Gasteiger partial charge < -0.3 is 9.47 Å². The predicted octanol–water partition coefficient (Wildman–Crippen LogP) is 3.90. The van der Waals surface area contributed by atoms with Crippen molar-refractivity contribution in [1.29, 1.82) is 0 Å². The molecular formula is C16H15IO3. The quantitative estimate of drug-likeness (QED) is 0.581. The Morgan fingerprint density at radius 2 is 1.85 bits per heavy atom. The highest BCUT2D eigenvalue weighted by Gasteiger charge is 2.03. The van der Waals surface area contributed by atoms with E-state index in [2.05, 4.69) is 40.8 Å². The number of esters is 1. The zero-order chi connectivity index (χ0) is 14.4. The molecule has 104 valence electrons. The first-order valence-corrected chi connectivity index (χ1v) is 7.41. The summed E-state index contributed by atoms with van der Waals surface area (Å²) in [7, 11) is 0. The predicted molar refractivity (Wildman–Crippen MR) is 86.7 cm³/mol. The second kappa shape index (κ2) is 7.28. The number of carbonyl (C=O) groups is 1. The molecule has 2 aromatic rings. The fourth-order valence-corrected chi connectivity index (χ4v) is 2.30. The molecule has 0 aliphatic rings. The molecule has 2 rings (SSSR count). The third-order valence-corrected chi connectivity index (χ3v) is 3.35. The molecule has 0 heterocycles. The first-order chi connectivity index (χ1) is 9.69. The zero-order valence-corrected chi connectivity index (χ0v) is 13.3. The van der Waals surface area contributed by atoms with E-state index in [1.807, 2.05) is 30.3 Å². The maximum Gasteiger partial charge on any atom is 0.344 e. The summed E-state index contributed by atoms with van der Waals surface area (Å²) in [6.07, 6.45) is 0. The highest BCUT2D eigenvalue weighted by atomic mass is 127. The minimum atomic E-state index is -0.353. The first-order valence-electron chi connectivity index (χ1n) is 6.33. The number of benzene rings is 2. The van der Waals surface area contributed by atoms with Crippen molar-refractivity contribution in [3.63, 3.8) is 0 Å². The Bertz CT molecular complexity index is 579. The second-order valence-electron chi connectivity index (χ2n) is 4.13. The SMILES string of the molecule is CCOC(=O)COc1ccc(-c2cccc(I)c2)cc1. The van der Waals surface area contributed by atoms with Crippen LogP contribution in [-0.2, 0) is 9.53 Å². The average Bonchev–Trinajstić information content (AvgIpc) is 2.46. The molecule has 20 heavy (non-hydrogen) atoms. The Morgan fingerprint density at radius 3 is 2.50 bits per heavy atom. The van der Waals surface area contributed by atoms with Crippen LogP contribution in [0.5, 0.6) is 5.75 Å². The van der Waals surface area contributed by atoms with Crippen LogP contribution in [0.1, 0.15) is 6.92 Å². The molecule has 4 heteroatoms. The zero-order valence-electron chi connectivity index (χ0n) is 11.1. The lowest BCUT2D eigenvalue weighted by Crippen LogP contribution is -2.14. The summed E-state index contributed by atoms with van der Waals surface area (Å²) in [5.74, 6) is 0.307. The molecule has 0 radical (unpaired) electrons. The van der Waals surface area contributed by atoms with Gasteiger partial charge in [-0.25, -0.2) is 4.79 Å². The Labute approximate surface area is 132 Å².